The lowest BCUT2D eigenvalue weighted by atomic mass is 10.3. The van der Waals surface area contributed by atoms with E-state index in [9.17, 15) is 0 Å². The van der Waals surface area contributed by atoms with E-state index >= 15 is 0 Å². The van der Waals surface area contributed by atoms with Gasteiger partial charge in [-0.3, -0.25) is 4.99 Å². The minimum atomic E-state index is 0.329. The Morgan fingerprint density at radius 3 is 2.80 bits per heavy atom. The lowest BCUT2D eigenvalue weighted by Crippen LogP contribution is -2.31. The lowest BCUT2D eigenvalue weighted by Gasteiger charge is -2.29. The first-order valence-electron chi connectivity index (χ1n) is 3.72. The molecule has 0 amide bonds. The number of hydrogen-bond donors (Lipinski definition) is 0. The molecule has 1 aliphatic rings. The Balaban J connectivity index is 2.71. The van der Waals surface area contributed by atoms with Gasteiger partial charge in [0.2, 0.25) is 0 Å². The van der Waals surface area contributed by atoms with Gasteiger partial charge in [-0.1, -0.05) is 0 Å². The molecular weight excluding hydrogens is 124 g/mol. The van der Waals surface area contributed by atoms with E-state index in [-0.39, 0.29) is 0 Å². The van der Waals surface area contributed by atoms with Gasteiger partial charge in [0.1, 0.15) is 6.17 Å². The summed E-state index contributed by atoms with van der Waals surface area (Å²) in [4.78, 5) is 6.52. The van der Waals surface area contributed by atoms with E-state index < -0.39 is 0 Å². The predicted molar refractivity (Wildman–Crippen MR) is 44.1 cm³/mol. The van der Waals surface area contributed by atoms with E-state index in [1.165, 1.54) is 5.70 Å². The van der Waals surface area contributed by atoms with E-state index in [0.717, 1.165) is 6.54 Å². The third-order valence-electron chi connectivity index (χ3n) is 1.86. The Bertz CT molecular complexity index is 170. The monoisotopic (exact) mass is 138 g/mol. The number of allylic oxidation sites excluding steroid dienone is 2. The van der Waals surface area contributed by atoms with Gasteiger partial charge in [-0.2, -0.15) is 0 Å². The number of aliphatic imine (C=N–C) groups is 1. The van der Waals surface area contributed by atoms with Gasteiger partial charge in [0.05, 0.1) is 0 Å². The topological polar surface area (TPSA) is 15.6 Å². The molecule has 1 atom stereocenters. The average molecular weight is 138 g/mol. The van der Waals surface area contributed by atoms with Gasteiger partial charge in [-0.25, -0.2) is 0 Å². The molecule has 1 rings (SSSR count). The summed E-state index contributed by atoms with van der Waals surface area (Å²) in [7, 11) is 0. The molecule has 2 nitrogen and oxygen atoms in total. The molecule has 1 unspecified atom stereocenters. The Hall–Kier alpha value is -0.790. The third kappa shape index (κ3) is 1.20. The summed E-state index contributed by atoms with van der Waals surface area (Å²) in [6, 6.07) is 0. The molecule has 0 radical (unpaired) electrons. The first-order chi connectivity index (χ1) is 4.75. The molecule has 0 fully saturated rings. The minimum absolute atomic E-state index is 0.329. The maximum Gasteiger partial charge on any atom is 0.117 e. The predicted octanol–water partition coefficient (Wildman–Crippen LogP) is 1.64. The van der Waals surface area contributed by atoms with Crippen molar-refractivity contribution in [2.45, 2.75) is 26.9 Å². The van der Waals surface area contributed by atoms with Crippen LogP contribution in [0.3, 0.4) is 0 Å². The normalized spacial score (nSPS) is 24.9. The van der Waals surface area contributed by atoms with Gasteiger partial charge < -0.3 is 4.90 Å². The van der Waals surface area contributed by atoms with E-state index in [2.05, 4.69) is 30.7 Å². The van der Waals surface area contributed by atoms with Crippen LogP contribution in [0.1, 0.15) is 20.8 Å². The standard InChI is InChI=1S/C8H14N2/c1-4-10-7(2)5-6-9-8(10)3/h5-6,8H,4H2,1-3H3. The molecule has 0 saturated heterocycles. The van der Waals surface area contributed by atoms with Gasteiger partial charge in [0, 0.05) is 18.5 Å². The van der Waals surface area contributed by atoms with Crippen LogP contribution in [0, 0.1) is 0 Å². The highest BCUT2D eigenvalue weighted by molar-refractivity contribution is 5.73. The van der Waals surface area contributed by atoms with Crippen molar-refractivity contribution in [3.63, 3.8) is 0 Å². The molecule has 2 heteroatoms. The number of rotatable bonds is 1. The van der Waals surface area contributed by atoms with Crippen molar-refractivity contribution >= 4 is 6.21 Å². The highest BCUT2D eigenvalue weighted by Gasteiger charge is 2.11. The largest absolute Gasteiger partial charge is 0.354 e. The molecular formula is C8H14N2. The quantitative estimate of drug-likeness (QED) is 0.538. The Morgan fingerprint density at radius 1 is 1.70 bits per heavy atom. The zero-order valence-corrected chi connectivity index (χ0v) is 6.83. The smallest absolute Gasteiger partial charge is 0.117 e. The minimum Gasteiger partial charge on any atom is -0.354 e. The summed E-state index contributed by atoms with van der Waals surface area (Å²) >= 11 is 0. The van der Waals surface area contributed by atoms with Crippen LogP contribution >= 0.6 is 0 Å². The molecule has 0 aromatic heterocycles. The lowest BCUT2D eigenvalue weighted by molar-refractivity contribution is 0.287. The van der Waals surface area contributed by atoms with Gasteiger partial charge in [0.25, 0.3) is 0 Å². The Labute approximate surface area is 62.3 Å². The van der Waals surface area contributed by atoms with E-state index in [0.29, 0.717) is 6.17 Å². The van der Waals surface area contributed by atoms with Crippen molar-refractivity contribution in [3.8, 4) is 0 Å². The molecule has 0 aromatic carbocycles. The number of nitrogens with zero attached hydrogens (tertiary/aromatic N) is 2. The van der Waals surface area contributed by atoms with Gasteiger partial charge in [-0.15, -0.1) is 0 Å². The third-order valence-corrected chi connectivity index (χ3v) is 1.86. The van der Waals surface area contributed by atoms with Crippen LogP contribution in [0.25, 0.3) is 0 Å². The summed E-state index contributed by atoms with van der Waals surface area (Å²) in [6.07, 6.45) is 4.25. The second kappa shape index (κ2) is 2.86. The molecule has 0 spiro atoms. The fourth-order valence-corrected chi connectivity index (χ4v) is 1.26. The van der Waals surface area contributed by atoms with Crippen molar-refractivity contribution in [2.75, 3.05) is 6.54 Å². The molecule has 0 N–H and O–H groups in total. The van der Waals surface area contributed by atoms with Crippen molar-refractivity contribution in [2.24, 2.45) is 4.99 Å². The van der Waals surface area contributed by atoms with Crippen LogP contribution in [0.15, 0.2) is 16.8 Å². The van der Waals surface area contributed by atoms with Crippen molar-refractivity contribution in [1.82, 2.24) is 4.90 Å². The van der Waals surface area contributed by atoms with Gasteiger partial charge in [-0.05, 0) is 26.8 Å². The Morgan fingerprint density at radius 2 is 2.40 bits per heavy atom. The van der Waals surface area contributed by atoms with Crippen LogP contribution in [0.5, 0.6) is 0 Å². The van der Waals surface area contributed by atoms with Gasteiger partial charge in [0.15, 0.2) is 0 Å². The summed E-state index contributed by atoms with van der Waals surface area (Å²) in [6.45, 7) is 7.41. The molecule has 0 aromatic rings. The summed E-state index contributed by atoms with van der Waals surface area (Å²) in [5, 5.41) is 0. The fourth-order valence-electron chi connectivity index (χ4n) is 1.26. The van der Waals surface area contributed by atoms with E-state index in [1.807, 2.05) is 12.3 Å². The molecule has 1 heterocycles. The zero-order valence-electron chi connectivity index (χ0n) is 6.83. The van der Waals surface area contributed by atoms with Crippen LogP contribution in [0.2, 0.25) is 0 Å². The highest BCUT2D eigenvalue weighted by atomic mass is 15.2. The molecule has 56 valence electrons. The zero-order chi connectivity index (χ0) is 7.56. The maximum atomic E-state index is 4.26. The van der Waals surface area contributed by atoms with Crippen LogP contribution in [-0.2, 0) is 0 Å². The first-order valence-corrected chi connectivity index (χ1v) is 3.72. The SMILES string of the molecule is CCN1C(C)=CC=NC1C. The van der Waals surface area contributed by atoms with E-state index in [1.54, 1.807) is 0 Å². The van der Waals surface area contributed by atoms with Crippen molar-refractivity contribution in [1.29, 1.82) is 0 Å². The second-order valence-electron chi connectivity index (χ2n) is 2.52. The van der Waals surface area contributed by atoms with Crippen LogP contribution in [0.4, 0.5) is 0 Å². The molecule has 0 aliphatic carbocycles. The summed E-state index contributed by atoms with van der Waals surface area (Å²) < 4.78 is 0. The maximum absolute atomic E-state index is 4.26. The Kier molecular flexibility index (Phi) is 2.10. The highest BCUT2D eigenvalue weighted by Crippen LogP contribution is 2.11. The average Bonchev–Trinajstić information content (AvgIpc) is 1.88. The number of hydrogen-bond acceptors (Lipinski definition) is 2. The van der Waals surface area contributed by atoms with Crippen molar-refractivity contribution < 1.29 is 0 Å². The molecule has 0 saturated carbocycles. The van der Waals surface area contributed by atoms with E-state index in [4.69, 9.17) is 0 Å². The van der Waals surface area contributed by atoms with Crippen LogP contribution in [-0.4, -0.2) is 23.8 Å². The van der Waals surface area contributed by atoms with Gasteiger partial charge >= 0.3 is 0 Å². The molecule has 0 bridgehead atoms. The summed E-state index contributed by atoms with van der Waals surface area (Å²) in [5.74, 6) is 0. The van der Waals surface area contributed by atoms with Crippen LogP contribution < -0.4 is 0 Å². The summed E-state index contributed by atoms with van der Waals surface area (Å²) in [5.41, 5.74) is 1.31. The molecule has 10 heavy (non-hydrogen) atoms. The fraction of sp³-hybridized carbons (Fsp3) is 0.625. The first kappa shape index (κ1) is 7.32. The molecule has 1 aliphatic heterocycles. The second-order valence-corrected chi connectivity index (χ2v) is 2.52. The van der Waals surface area contributed by atoms with Crippen molar-refractivity contribution in [3.05, 3.63) is 11.8 Å².